The van der Waals surface area contributed by atoms with Crippen molar-refractivity contribution in [1.29, 1.82) is 0 Å². The Labute approximate surface area is 132 Å². The van der Waals surface area contributed by atoms with Gasteiger partial charge in [-0.1, -0.05) is 0 Å². The van der Waals surface area contributed by atoms with Crippen LogP contribution >= 0.6 is 0 Å². The zero-order valence-electron chi connectivity index (χ0n) is 13.3. The van der Waals surface area contributed by atoms with Gasteiger partial charge in [0.25, 0.3) is 0 Å². The van der Waals surface area contributed by atoms with E-state index in [-0.39, 0.29) is 6.42 Å². The van der Waals surface area contributed by atoms with Crippen molar-refractivity contribution >= 4 is 5.65 Å². The Morgan fingerprint density at radius 2 is 2.04 bits per heavy atom. The quantitative estimate of drug-likeness (QED) is 0.783. The summed E-state index contributed by atoms with van der Waals surface area (Å²) < 4.78 is 49.1. The molecule has 0 spiro atoms. The van der Waals surface area contributed by atoms with Gasteiger partial charge >= 0.3 is 6.18 Å². The summed E-state index contributed by atoms with van der Waals surface area (Å²) in [6.07, 6.45) is -2.30. The maximum atomic E-state index is 12.5. The molecular weight excluding hydrogens is 311 g/mol. The fraction of sp³-hybridized carbons (Fsp3) is 0.600. The van der Waals surface area contributed by atoms with Crippen LogP contribution in [-0.4, -0.2) is 46.7 Å². The first-order valence-corrected chi connectivity index (χ1v) is 7.34. The normalized spacial score (nSPS) is 15.0. The van der Waals surface area contributed by atoms with Crippen LogP contribution in [0.2, 0.25) is 0 Å². The number of imidazole rings is 1. The summed E-state index contributed by atoms with van der Waals surface area (Å²) in [6, 6.07) is 1.89. The van der Waals surface area contributed by atoms with Gasteiger partial charge in [0.1, 0.15) is 0 Å². The predicted octanol–water partition coefficient (Wildman–Crippen LogP) is 2.82. The Morgan fingerprint density at radius 3 is 2.70 bits per heavy atom. The van der Waals surface area contributed by atoms with Crippen molar-refractivity contribution in [3.63, 3.8) is 0 Å². The second-order valence-corrected chi connectivity index (χ2v) is 5.48. The summed E-state index contributed by atoms with van der Waals surface area (Å²) in [7, 11) is 1.63. The van der Waals surface area contributed by atoms with Crippen molar-refractivity contribution < 1.29 is 22.6 Å². The average molecular weight is 331 g/mol. The number of halogens is 3. The first-order valence-electron chi connectivity index (χ1n) is 7.34. The molecule has 23 heavy (non-hydrogen) atoms. The van der Waals surface area contributed by atoms with E-state index in [0.29, 0.717) is 17.9 Å². The number of alkyl halides is 3. The second-order valence-electron chi connectivity index (χ2n) is 5.48. The molecule has 0 saturated carbocycles. The number of aromatic nitrogens is 3. The molecule has 2 atom stereocenters. The Hall–Kier alpha value is -1.67. The molecule has 0 bridgehead atoms. The maximum Gasteiger partial charge on any atom is 0.414 e. The van der Waals surface area contributed by atoms with Crippen LogP contribution < -0.4 is 0 Å². The van der Waals surface area contributed by atoms with Gasteiger partial charge in [0.15, 0.2) is 11.8 Å². The highest BCUT2D eigenvalue weighted by molar-refractivity contribution is 5.40. The number of fused-ring (bicyclic) bond motifs is 1. The number of nitrogens with zero attached hydrogens (tertiary/aromatic N) is 3. The van der Waals surface area contributed by atoms with E-state index in [2.05, 4.69) is 10.1 Å². The number of methoxy groups -OCH3 is 1. The van der Waals surface area contributed by atoms with Crippen molar-refractivity contribution in [2.24, 2.45) is 0 Å². The lowest BCUT2D eigenvalue weighted by atomic mass is 10.2. The topological polar surface area (TPSA) is 48.7 Å². The molecule has 0 aromatic carbocycles. The highest BCUT2D eigenvalue weighted by Crippen LogP contribution is 2.24. The smallest absolute Gasteiger partial charge is 0.384 e. The molecule has 0 unspecified atom stereocenters. The summed E-state index contributed by atoms with van der Waals surface area (Å²) >= 11 is 0. The number of ether oxygens (including phenoxy) is 2. The van der Waals surface area contributed by atoms with Gasteiger partial charge in [0, 0.05) is 13.5 Å². The van der Waals surface area contributed by atoms with E-state index >= 15 is 0 Å². The van der Waals surface area contributed by atoms with Crippen molar-refractivity contribution in [3.05, 3.63) is 29.7 Å². The van der Waals surface area contributed by atoms with Crippen LogP contribution in [0.15, 0.2) is 18.5 Å². The monoisotopic (exact) mass is 331 g/mol. The molecule has 2 heterocycles. The Balaban J connectivity index is 2.03. The molecule has 0 radical (unpaired) electrons. The fourth-order valence-corrected chi connectivity index (χ4v) is 2.19. The largest absolute Gasteiger partial charge is 0.414 e. The van der Waals surface area contributed by atoms with Crippen molar-refractivity contribution in [3.8, 4) is 0 Å². The van der Waals surface area contributed by atoms with Gasteiger partial charge in [0.05, 0.1) is 30.8 Å². The summed E-state index contributed by atoms with van der Waals surface area (Å²) in [5.41, 5.74) is 2.29. The zero-order chi connectivity index (χ0) is 17.0. The highest BCUT2D eigenvalue weighted by Gasteiger charge is 2.37. The number of hydrogen-bond acceptors (Lipinski definition) is 4. The molecule has 128 valence electrons. The first-order chi connectivity index (χ1) is 10.8. The highest BCUT2D eigenvalue weighted by atomic mass is 19.4. The van der Waals surface area contributed by atoms with E-state index in [1.807, 2.05) is 6.07 Å². The third-order valence-corrected chi connectivity index (χ3v) is 3.42. The molecule has 8 heteroatoms. The molecule has 0 aliphatic heterocycles. The number of hydrogen-bond donors (Lipinski definition) is 0. The van der Waals surface area contributed by atoms with Gasteiger partial charge in [-0.15, -0.1) is 0 Å². The standard InChI is InChI=1S/C15H20F3N3O2/c1-10(23-11(2)15(16,17)18)6-13-9-21-14(20-13)7-12(8-19-21)4-5-22-3/h7-11H,4-6H2,1-3H3/t10-,11-/m1/s1. The fourth-order valence-electron chi connectivity index (χ4n) is 2.19. The summed E-state index contributed by atoms with van der Waals surface area (Å²) in [4.78, 5) is 4.39. The minimum absolute atomic E-state index is 0.289. The lowest BCUT2D eigenvalue weighted by Crippen LogP contribution is -2.32. The minimum atomic E-state index is -4.36. The summed E-state index contributed by atoms with van der Waals surface area (Å²) in [5.74, 6) is 0. The average Bonchev–Trinajstić information content (AvgIpc) is 2.85. The van der Waals surface area contributed by atoms with E-state index in [9.17, 15) is 13.2 Å². The Morgan fingerprint density at radius 1 is 1.30 bits per heavy atom. The van der Waals surface area contributed by atoms with Gasteiger partial charge in [-0.2, -0.15) is 18.3 Å². The molecule has 0 amide bonds. The van der Waals surface area contributed by atoms with Crippen molar-refractivity contribution in [2.75, 3.05) is 13.7 Å². The third-order valence-electron chi connectivity index (χ3n) is 3.42. The maximum absolute atomic E-state index is 12.5. The molecule has 2 rings (SSSR count). The molecule has 2 aromatic heterocycles. The van der Waals surface area contributed by atoms with Crippen LogP contribution in [0, 0.1) is 0 Å². The molecular formula is C15H20F3N3O2. The first kappa shape index (κ1) is 17.7. The van der Waals surface area contributed by atoms with Gasteiger partial charge in [0.2, 0.25) is 0 Å². The molecule has 2 aromatic rings. The zero-order valence-corrected chi connectivity index (χ0v) is 13.3. The van der Waals surface area contributed by atoms with Crippen LogP contribution in [0.25, 0.3) is 5.65 Å². The van der Waals surface area contributed by atoms with Gasteiger partial charge in [-0.3, -0.25) is 0 Å². The van der Waals surface area contributed by atoms with Crippen molar-refractivity contribution in [2.45, 2.75) is 45.1 Å². The van der Waals surface area contributed by atoms with Gasteiger partial charge in [-0.05, 0) is 31.9 Å². The Kier molecular flexibility index (Phi) is 5.59. The van der Waals surface area contributed by atoms with E-state index in [0.717, 1.165) is 18.9 Å². The lowest BCUT2D eigenvalue weighted by molar-refractivity contribution is -0.224. The lowest BCUT2D eigenvalue weighted by Gasteiger charge is -2.20. The SMILES string of the molecule is COCCc1cnn2cc(C[C@@H](C)O[C@H](C)C(F)(F)F)nc2c1. The van der Waals surface area contributed by atoms with E-state index in [1.54, 1.807) is 30.9 Å². The van der Waals surface area contributed by atoms with E-state index in [1.165, 1.54) is 0 Å². The van der Waals surface area contributed by atoms with Crippen LogP contribution in [-0.2, 0) is 22.3 Å². The molecule has 0 aliphatic rings. The molecule has 0 fully saturated rings. The molecule has 0 aliphatic carbocycles. The van der Waals surface area contributed by atoms with Crippen LogP contribution in [0.4, 0.5) is 13.2 Å². The second kappa shape index (κ2) is 7.27. The summed E-state index contributed by atoms with van der Waals surface area (Å²) in [6.45, 7) is 3.19. The van der Waals surface area contributed by atoms with E-state index in [4.69, 9.17) is 9.47 Å². The number of rotatable bonds is 7. The van der Waals surface area contributed by atoms with Crippen LogP contribution in [0.1, 0.15) is 25.1 Å². The Bertz CT molecular complexity index is 642. The minimum Gasteiger partial charge on any atom is -0.384 e. The molecule has 0 saturated heterocycles. The third kappa shape index (κ3) is 4.90. The molecule has 0 N–H and O–H groups in total. The summed E-state index contributed by atoms with van der Waals surface area (Å²) in [5, 5.41) is 4.24. The van der Waals surface area contributed by atoms with Gasteiger partial charge < -0.3 is 9.47 Å². The van der Waals surface area contributed by atoms with E-state index < -0.39 is 18.4 Å². The van der Waals surface area contributed by atoms with Crippen LogP contribution in [0.3, 0.4) is 0 Å². The predicted molar refractivity (Wildman–Crippen MR) is 78.3 cm³/mol. The van der Waals surface area contributed by atoms with Crippen molar-refractivity contribution in [1.82, 2.24) is 14.6 Å². The van der Waals surface area contributed by atoms with Crippen LogP contribution in [0.5, 0.6) is 0 Å². The molecule has 5 nitrogen and oxygen atoms in total. The van der Waals surface area contributed by atoms with Gasteiger partial charge in [-0.25, -0.2) is 9.50 Å².